The molecule has 1 aromatic heterocycles. The largest absolute Gasteiger partial charge is 0.482 e. The zero-order valence-corrected chi connectivity index (χ0v) is 11.3. The fourth-order valence-electron chi connectivity index (χ4n) is 2.24. The number of para-hydroxylation sites is 2. The van der Waals surface area contributed by atoms with Gasteiger partial charge in [-0.1, -0.05) is 17.3 Å². The van der Waals surface area contributed by atoms with Crippen LogP contribution in [-0.4, -0.2) is 16.7 Å². The molecule has 0 radical (unpaired) electrons. The van der Waals surface area contributed by atoms with Crippen molar-refractivity contribution in [3.63, 3.8) is 0 Å². The van der Waals surface area contributed by atoms with Gasteiger partial charge in [0.1, 0.15) is 11.4 Å². The molecule has 106 valence electrons. The molecule has 1 atom stereocenters. The summed E-state index contributed by atoms with van der Waals surface area (Å²) in [5, 5.41) is 3.98. The highest BCUT2D eigenvalue weighted by atomic mass is 16.5. The maximum absolute atomic E-state index is 5.80. The molecule has 2 aromatic rings. The van der Waals surface area contributed by atoms with Gasteiger partial charge in [0, 0.05) is 6.61 Å². The van der Waals surface area contributed by atoms with E-state index >= 15 is 0 Å². The van der Waals surface area contributed by atoms with Crippen molar-refractivity contribution in [3.8, 4) is 5.75 Å². The van der Waals surface area contributed by atoms with Crippen molar-refractivity contribution in [2.75, 3.05) is 12.3 Å². The summed E-state index contributed by atoms with van der Waals surface area (Å²) in [6.45, 7) is 2.90. The Morgan fingerprint density at radius 3 is 3.00 bits per heavy atom. The highest BCUT2D eigenvalue weighted by molar-refractivity contribution is 5.51. The molecule has 2 heterocycles. The molecular formula is C14H17N3O3. The number of nitrogen functional groups attached to an aromatic ring is 1. The average Bonchev–Trinajstić information content (AvgIpc) is 3.08. The lowest BCUT2D eigenvalue weighted by Crippen LogP contribution is -2.21. The van der Waals surface area contributed by atoms with Crippen LogP contribution in [0.15, 0.2) is 28.8 Å². The van der Waals surface area contributed by atoms with Crippen molar-refractivity contribution >= 4 is 5.69 Å². The SMILES string of the molecule is CC1(c2noc(COc3ccccc3N)n2)CCCO1. The molecule has 2 N–H and O–H groups in total. The molecule has 0 amide bonds. The van der Waals surface area contributed by atoms with Gasteiger partial charge < -0.3 is 19.7 Å². The number of hydrogen-bond acceptors (Lipinski definition) is 6. The van der Waals surface area contributed by atoms with Crippen LogP contribution in [0.1, 0.15) is 31.5 Å². The zero-order chi connectivity index (χ0) is 14.0. The molecule has 0 bridgehead atoms. The van der Waals surface area contributed by atoms with Gasteiger partial charge in [-0.2, -0.15) is 4.98 Å². The summed E-state index contributed by atoms with van der Waals surface area (Å²) in [6, 6.07) is 7.29. The Balaban J connectivity index is 1.67. The molecule has 6 heteroatoms. The van der Waals surface area contributed by atoms with Crippen LogP contribution < -0.4 is 10.5 Å². The van der Waals surface area contributed by atoms with Gasteiger partial charge in [-0.15, -0.1) is 0 Å². The summed E-state index contributed by atoms with van der Waals surface area (Å²) in [5.74, 6) is 1.60. The molecule has 1 unspecified atom stereocenters. The van der Waals surface area contributed by atoms with Crippen LogP contribution in [0.3, 0.4) is 0 Å². The zero-order valence-electron chi connectivity index (χ0n) is 11.3. The predicted molar refractivity (Wildman–Crippen MR) is 72.0 cm³/mol. The monoisotopic (exact) mass is 275 g/mol. The normalized spacial score (nSPS) is 22.1. The van der Waals surface area contributed by atoms with Crippen molar-refractivity contribution in [2.24, 2.45) is 0 Å². The summed E-state index contributed by atoms with van der Waals surface area (Å²) in [4.78, 5) is 4.34. The third-order valence-corrected chi connectivity index (χ3v) is 3.43. The van der Waals surface area contributed by atoms with Crippen LogP contribution in [0.2, 0.25) is 0 Å². The Hall–Kier alpha value is -2.08. The van der Waals surface area contributed by atoms with E-state index in [2.05, 4.69) is 10.1 Å². The lowest BCUT2D eigenvalue weighted by Gasteiger charge is -2.17. The second kappa shape index (κ2) is 5.13. The van der Waals surface area contributed by atoms with E-state index in [1.807, 2.05) is 19.1 Å². The summed E-state index contributed by atoms with van der Waals surface area (Å²) < 4.78 is 16.4. The number of nitrogens with zero attached hydrogens (tertiary/aromatic N) is 2. The second-order valence-corrected chi connectivity index (χ2v) is 5.02. The smallest absolute Gasteiger partial charge is 0.264 e. The van der Waals surface area contributed by atoms with Gasteiger partial charge in [-0.25, -0.2) is 0 Å². The van der Waals surface area contributed by atoms with Crippen LogP contribution in [0.5, 0.6) is 5.75 Å². The molecule has 1 aliphatic rings. The van der Waals surface area contributed by atoms with Gasteiger partial charge in [0.05, 0.1) is 5.69 Å². The van der Waals surface area contributed by atoms with E-state index in [1.54, 1.807) is 12.1 Å². The number of aromatic nitrogens is 2. The van der Waals surface area contributed by atoms with Crippen LogP contribution in [0.25, 0.3) is 0 Å². The fraction of sp³-hybridized carbons (Fsp3) is 0.429. The van der Waals surface area contributed by atoms with Gasteiger partial charge in [0.25, 0.3) is 5.89 Å². The Morgan fingerprint density at radius 1 is 1.40 bits per heavy atom. The van der Waals surface area contributed by atoms with Crippen LogP contribution >= 0.6 is 0 Å². The number of ether oxygens (including phenoxy) is 2. The lowest BCUT2D eigenvalue weighted by molar-refractivity contribution is 0.00768. The maximum Gasteiger partial charge on any atom is 0.264 e. The number of benzene rings is 1. The minimum absolute atomic E-state index is 0.192. The standard InChI is InChI=1S/C14H17N3O3/c1-14(7-4-8-19-14)13-16-12(20-17-13)9-18-11-6-3-2-5-10(11)15/h2-3,5-6H,4,7-9,15H2,1H3. The summed E-state index contributed by atoms with van der Waals surface area (Å²) >= 11 is 0. The number of nitrogens with two attached hydrogens (primary N) is 1. The number of rotatable bonds is 4. The molecule has 0 aliphatic carbocycles. The first-order chi connectivity index (χ1) is 9.67. The first-order valence-corrected chi connectivity index (χ1v) is 6.62. The van der Waals surface area contributed by atoms with Crippen LogP contribution in [0.4, 0.5) is 5.69 Å². The van der Waals surface area contributed by atoms with Crippen molar-refractivity contribution < 1.29 is 14.0 Å². The van der Waals surface area contributed by atoms with Gasteiger partial charge in [0.2, 0.25) is 5.82 Å². The Bertz CT molecular complexity index is 591. The van der Waals surface area contributed by atoms with E-state index < -0.39 is 5.60 Å². The summed E-state index contributed by atoms with van der Waals surface area (Å²) in [7, 11) is 0. The summed E-state index contributed by atoms with van der Waals surface area (Å²) in [6.07, 6.45) is 1.91. The van der Waals surface area contributed by atoms with Gasteiger partial charge in [-0.05, 0) is 31.9 Å². The molecule has 1 fully saturated rings. The Labute approximate surface area is 116 Å². The summed E-state index contributed by atoms with van der Waals surface area (Å²) in [5.41, 5.74) is 5.94. The highest BCUT2D eigenvalue weighted by Gasteiger charge is 2.36. The molecule has 1 aromatic carbocycles. The molecule has 1 aliphatic heterocycles. The van der Waals surface area contributed by atoms with Crippen LogP contribution in [0, 0.1) is 0 Å². The van der Waals surface area contributed by atoms with Gasteiger partial charge in [-0.3, -0.25) is 0 Å². The second-order valence-electron chi connectivity index (χ2n) is 5.02. The molecule has 20 heavy (non-hydrogen) atoms. The third-order valence-electron chi connectivity index (χ3n) is 3.43. The van der Waals surface area contributed by atoms with Gasteiger partial charge in [0.15, 0.2) is 6.61 Å². The highest BCUT2D eigenvalue weighted by Crippen LogP contribution is 2.33. The molecule has 6 nitrogen and oxygen atoms in total. The molecule has 0 saturated carbocycles. The number of hydrogen-bond donors (Lipinski definition) is 1. The third kappa shape index (κ3) is 2.46. The minimum atomic E-state index is -0.437. The maximum atomic E-state index is 5.80. The van der Waals surface area contributed by atoms with E-state index in [-0.39, 0.29) is 6.61 Å². The quantitative estimate of drug-likeness (QED) is 0.862. The molecule has 0 spiro atoms. The van der Waals surface area contributed by atoms with E-state index in [4.69, 9.17) is 19.7 Å². The van der Waals surface area contributed by atoms with Crippen molar-refractivity contribution in [2.45, 2.75) is 32.0 Å². The number of anilines is 1. The van der Waals surface area contributed by atoms with E-state index in [1.165, 1.54) is 0 Å². The fourth-order valence-corrected chi connectivity index (χ4v) is 2.24. The van der Waals surface area contributed by atoms with Crippen molar-refractivity contribution in [3.05, 3.63) is 36.0 Å². The first-order valence-electron chi connectivity index (χ1n) is 6.62. The van der Waals surface area contributed by atoms with E-state index in [9.17, 15) is 0 Å². The average molecular weight is 275 g/mol. The molecule has 1 saturated heterocycles. The molecule has 3 rings (SSSR count). The predicted octanol–water partition coefficient (Wildman–Crippen LogP) is 2.26. The topological polar surface area (TPSA) is 83.4 Å². The van der Waals surface area contributed by atoms with Crippen molar-refractivity contribution in [1.82, 2.24) is 10.1 Å². The molecular weight excluding hydrogens is 258 g/mol. The van der Waals surface area contributed by atoms with Gasteiger partial charge >= 0.3 is 0 Å². The lowest BCUT2D eigenvalue weighted by atomic mass is 10.0. The first kappa shape index (κ1) is 12.9. The van der Waals surface area contributed by atoms with E-state index in [0.717, 1.165) is 19.4 Å². The minimum Gasteiger partial charge on any atom is -0.482 e. The van der Waals surface area contributed by atoms with E-state index in [0.29, 0.717) is 23.2 Å². The van der Waals surface area contributed by atoms with Crippen molar-refractivity contribution in [1.29, 1.82) is 0 Å². The van der Waals surface area contributed by atoms with Crippen LogP contribution in [-0.2, 0) is 16.9 Å². The Kier molecular flexibility index (Phi) is 3.31. The Morgan fingerprint density at radius 2 is 2.25 bits per heavy atom.